The summed E-state index contributed by atoms with van der Waals surface area (Å²) in [5.41, 5.74) is -1.62. The highest BCUT2D eigenvalue weighted by molar-refractivity contribution is 6.00. The molecule has 528 valence electrons. The van der Waals surface area contributed by atoms with Gasteiger partial charge in [-0.1, -0.05) is 95.2 Å². The number of likely N-dealkylation sites (N-methyl/N-ethyl adjacent to an activating group) is 7. The summed E-state index contributed by atoms with van der Waals surface area (Å²) < 4.78 is 11.4. The third kappa shape index (κ3) is 23.9. The predicted octanol–water partition coefficient (Wildman–Crippen LogP) is 2.76. The van der Waals surface area contributed by atoms with Crippen LogP contribution in [0.25, 0.3) is 0 Å². The van der Waals surface area contributed by atoms with Gasteiger partial charge in [0.25, 0.3) is 5.91 Å². The van der Waals surface area contributed by atoms with Gasteiger partial charge in [0.2, 0.25) is 65.3 Å². The molecule has 26 heteroatoms. The number of allylic oxidation sites excluding steroid dienone is 2. The Balaban J connectivity index is 4.55. The number of carbonyl (C=O) groups excluding carboxylic acids is 11. The van der Waals surface area contributed by atoms with Gasteiger partial charge in [-0.05, 0) is 109 Å². The van der Waals surface area contributed by atoms with E-state index < -0.39 is 168 Å². The summed E-state index contributed by atoms with van der Waals surface area (Å²) in [7, 11) is 11.0. The van der Waals surface area contributed by atoms with Gasteiger partial charge in [0.1, 0.15) is 60.4 Å². The minimum absolute atomic E-state index is 0.0865. The van der Waals surface area contributed by atoms with Gasteiger partial charge in [-0.15, -0.1) is 0 Å². The molecule has 1 aliphatic heterocycles. The Morgan fingerprint density at radius 1 is 0.511 bits per heavy atom. The van der Waals surface area contributed by atoms with Crippen LogP contribution in [-0.4, -0.2) is 257 Å². The summed E-state index contributed by atoms with van der Waals surface area (Å²) in [6.45, 7) is 28.6. The van der Waals surface area contributed by atoms with Crippen molar-refractivity contribution in [3.05, 3.63) is 12.2 Å². The summed E-state index contributed by atoms with van der Waals surface area (Å²) in [5.74, 6) is -11.0. The normalized spacial score (nSPS) is 26.7. The zero-order chi connectivity index (χ0) is 71.3. The third-order valence-corrected chi connectivity index (χ3v) is 17.0. The highest BCUT2D eigenvalue weighted by atomic mass is 16.5. The number of aliphatic hydroxyl groups excluding tert-OH is 1. The van der Waals surface area contributed by atoms with Gasteiger partial charge in [0.15, 0.2) is 0 Å². The monoisotopic (exact) mass is 1310 g/mol. The van der Waals surface area contributed by atoms with Crippen molar-refractivity contribution in [3.8, 4) is 0 Å². The molecular formula is C66H119N11O15. The highest BCUT2D eigenvalue weighted by Gasteiger charge is 2.47. The van der Waals surface area contributed by atoms with Crippen LogP contribution >= 0.6 is 0 Å². The molecule has 1 rings (SSSR count). The molecule has 0 radical (unpaired) electrons. The average molecular weight is 1310 g/mol. The quantitative estimate of drug-likeness (QED) is 0.0754. The molecule has 13 atom stereocenters. The Bertz CT molecular complexity index is 2500. The number of nitrogens with one attached hydrogen (secondary N) is 4. The highest BCUT2D eigenvalue weighted by Crippen LogP contribution is 2.26. The zero-order valence-corrected chi connectivity index (χ0v) is 60.2. The maximum Gasteiger partial charge on any atom is 0.273 e. The van der Waals surface area contributed by atoms with Crippen molar-refractivity contribution < 1.29 is 72.4 Å². The molecule has 6 N–H and O–H groups in total. The summed E-state index contributed by atoms with van der Waals surface area (Å²) >= 11 is 0. The van der Waals surface area contributed by atoms with Crippen molar-refractivity contribution >= 4 is 65.0 Å². The minimum Gasteiger partial charge on any atom is -0.390 e. The summed E-state index contributed by atoms with van der Waals surface area (Å²) in [6.07, 6.45) is 0.583. The van der Waals surface area contributed by atoms with Crippen LogP contribution < -0.4 is 21.3 Å². The lowest BCUT2D eigenvalue weighted by Gasteiger charge is -2.41. The molecule has 0 aromatic rings. The smallest absolute Gasteiger partial charge is 0.273 e. The zero-order valence-electron chi connectivity index (χ0n) is 60.2. The van der Waals surface area contributed by atoms with E-state index in [-0.39, 0.29) is 69.5 Å². The first kappa shape index (κ1) is 83.8. The third-order valence-electron chi connectivity index (χ3n) is 17.0. The van der Waals surface area contributed by atoms with Crippen molar-refractivity contribution in [1.29, 1.82) is 0 Å². The first-order valence-electron chi connectivity index (χ1n) is 32.7. The predicted molar refractivity (Wildman–Crippen MR) is 351 cm³/mol. The fourth-order valence-corrected chi connectivity index (χ4v) is 11.3. The number of hydrogen-bond donors (Lipinski definition) is 6. The van der Waals surface area contributed by atoms with Crippen LogP contribution in [0.2, 0.25) is 0 Å². The van der Waals surface area contributed by atoms with Gasteiger partial charge in [-0.25, -0.2) is 0 Å². The molecule has 1 heterocycles. The van der Waals surface area contributed by atoms with Crippen molar-refractivity contribution in [2.45, 2.75) is 241 Å². The molecule has 26 nitrogen and oxygen atoms in total. The number of methoxy groups -OCH3 is 1. The van der Waals surface area contributed by atoms with Crippen LogP contribution in [0.5, 0.6) is 0 Å². The number of aliphatic hydroxyl groups is 2. The average Bonchev–Trinajstić information content (AvgIpc) is 0.865. The molecule has 0 spiro atoms. The van der Waals surface area contributed by atoms with Crippen molar-refractivity contribution in [3.63, 3.8) is 0 Å². The topological polar surface area (TPSA) is 317 Å². The van der Waals surface area contributed by atoms with Crippen LogP contribution in [-0.2, 0) is 62.2 Å². The van der Waals surface area contributed by atoms with Crippen molar-refractivity contribution in [2.75, 3.05) is 69.7 Å². The largest absolute Gasteiger partial charge is 0.390 e. The number of hydrogen-bond acceptors (Lipinski definition) is 15. The molecule has 0 aliphatic carbocycles. The van der Waals surface area contributed by atoms with Gasteiger partial charge in [-0.2, -0.15) is 0 Å². The van der Waals surface area contributed by atoms with Crippen LogP contribution in [0.3, 0.4) is 0 Å². The van der Waals surface area contributed by atoms with Gasteiger partial charge < -0.3 is 75.3 Å². The van der Waals surface area contributed by atoms with Crippen molar-refractivity contribution in [2.24, 2.45) is 35.5 Å². The Morgan fingerprint density at radius 2 is 0.967 bits per heavy atom. The first-order valence-corrected chi connectivity index (χ1v) is 32.7. The molecule has 0 aromatic carbocycles. The van der Waals surface area contributed by atoms with Crippen LogP contribution in [0.1, 0.15) is 163 Å². The fraction of sp³-hybridized carbons (Fsp3) is 0.803. The van der Waals surface area contributed by atoms with E-state index in [4.69, 9.17) is 9.47 Å². The van der Waals surface area contributed by atoms with E-state index in [9.17, 15) is 39.0 Å². The van der Waals surface area contributed by atoms with E-state index in [1.807, 2.05) is 41.5 Å². The molecular weight excluding hydrogens is 1190 g/mol. The van der Waals surface area contributed by atoms with E-state index in [0.717, 1.165) is 14.7 Å². The lowest BCUT2D eigenvalue weighted by molar-refractivity contribution is -0.169. The van der Waals surface area contributed by atoms with E-state index >= 15 is 24.0 Å². The van der Waals surface area contributed by atoms with Gasteiger partial charge in [0, 0.05) is 69.5 Å². The molecule has 1 aliphatic rings. The molecule has 1 fully saturated rings. The molecule has 1 saturated heterocycles. The number of nitrogens with zero attached hydrogens (tertiary/aromatic N) is 7. The number of rotatable bonds is 20. The first-order chi connectivity index (χ1) is 42.5. The lowest BCUT2D eigenvalue weighted by atomic mass is 9.91. The lowest BCUT2D eigenvalue weighted by Crippen LogP contribution is -2.64. The number of amides is 11. The molecule has 0 saturated carbocycles. The van der Waals surface area contributed by atoms with E-state index in [2.05, 4.69) is 21.3 Å². The number of ether oxygens (including phenoxy) is 2. The Morgan fingerprint density at radius 3 is 1.43 bits per heavy atom. The SMILES string of the molecule is C/C=C/C[C@@H](C)[C@@H](O)[C@H]1C(=O)N[C@@H](CC)C(=O)N(C)C(OCCCOC)C(=O)N(C)[C@@H](CC(C)(C)O)C(=O)N[C@@H](C(C)C)C(=O)N(C)[C@@H](CC(C)C)C(=O)N[C@@H](C)C(=O)N[C@H](C)C(=O)N(C)[C@@H](CC(C)C)C(=O)N(C)[C@@H](CC(C)C)C(=O)N(C)[C@@H](C(C)C)C(=O)N1C. The Labute approximate surface area is 549 Å². The van der Waals surface area contributed by atoms with Gasteiger partial charge in [0.05, 0.1) is 18.3 Å². The maximum atomic E-state index is 15.3. The maximum absolute atomic E-state index is 15.3. The van der Waals surface area contributed by atoms with Crippen molar-refractivity contribution in [1.82, 2.24) is 55.6 Å². The van der Waals surface area contributed by atoms with Crippen LogP contribution in [0, 0.1) is 35.5 Å². The van der Waals surface area contributed by atoms with Crippen LogP contribution in [0.4, 0.5) is 0 Å². The van der Waals surface area contributed by atoms with Crippen LogP contribution in [0.15, 0.2) is 12.2 Å². The fourth-order valence-electron chi connectivity index (χ4n) is 11.3. The van der Waals surface area contributed by atoms with Gasteiger partial charge >= 0.3 is 0 Å². The second-order valence-electron chi connectivity index (χ2n) is 27.7. The van der Waals surface area contributed by atoms with Gasteiger partial charge in [-0.3, -0.25) is 52.7 Å². The number of carbonyl (C=O) groups is 11. The minimum atomic E-state index is -1.79. The summed E-state index contributed by atoms with van der Waals surface area (Å²) in [6, 6.07) is -13.4. The summed E-state index contributed by atoms with van der Waals surface area (Å²) in [4.78, 5) is 171. The van der Waals surface area contributed by atoms with E-state index in [1.165, 1.54) is 104 Å². The molecule has 1 unspecified atom stereocenters. The second-order valence-corrected chi connectivity index (χ2v) is 27.7. The molecule has 92 heavy (non-hydrogen) atoms. The molecule has 0 aromatic heterocycles. The Kier molecular flexibility index (Phi) is 34.8. The summed E-state index contributed by atoms with van der Waals surface area (Å²) in [5, 5.41) is 34.4. The Hall–Kier alpha value is -6.25. The second kappa shape index (κ2) is 38.2. The standard InChI is InChI=1S/C66H119N11O15/c1-26-28-30-42(13)53(78)52-57(82)69-45(27-2)59(84)77(24)65(92-32-29-31-91-25)64(89)74(21)49(36-66(16,17)90)56(81)70-50(40(9)10)62(87)71(18)46(33-37(3)4)55(80)67-43(14)54(79)68-44(15)58(83)72(19)47(34-38(5)6)60(85)73(20)48(35-39(7)8)61(86)75(22)51(41(11)12)63(88)76(52)23/h26,28,37-53,65,78,90H,27,29-36H2,1-25H3,(H,67,80)(H,68,79)(H,69,82)(H,70,81)/b28-26+/t42-,43+,44-,45+,46+,47+,48+,49+,50+,51+,52+,53-,65?/m1/s1. The van der Waals surface area contributed by atoms with E-state index in [1.54, 1.807) is 60.6 Å². The molecule has 11 amide bonds. The molecule has 0 bridgehead atoms. The van der Waals surface area contributed by atoms with E-state index in [0.29, 0.717) is 0 Å².